The first-order valence-electron chi connectivity index (χ1n) is 10.6. The summed E-state index contributed by atoms with van der Waals surface area (Å²) in [6.45, 7) is 3.88. The van der Waals surface area contributed by atoms with E-state index >= 15 is 0 Å². The van der Waals surface area contributed by atoms with Crippen LogP contribution in [0.3, 0.4) is 0 Å². The van der Waals surface area contributed by atoms with Gasteiger partial charge in [-0.25, -0.2) is 13.4 Å². The minimum absolute atomic E-state index is 0.00475. The number of ether oxygens (including phenoxy) is 3. The van der Waals surface area contributed by atoms with Gasteiger partial charge in [-0.2, -0.15) is 0 Å². The molecular formula is C24H27N3O6S. The fraction of sp³-hybridized carbons (Fsp3) is 0.250. The fourth-order valence-corrected chi connectivity index (χ4v) is 4.05. The highest BCUT2D eigenvalue weighted by Crippen LogP contribution is 2.31. The summed E-state index contributed by atoms with van der Waals surface area (Å²) in [5.74, 6) is 0.830. The third-order valence-corrected chi connectivity index (χ3v) is 6.35. The third-order valence-electron chi connectivity index (χ3n) is 4.97. The summed E-state index contributed by atoms with van der Waals surface area (Å²) in [6, 6.07) is 13.9. The largest absolute Gasteiger partial charge is 0.493 e. The van der Waals surface area contributed by atoms with E-state index in [1.807, 2.05) is 13.8 Å². The van der Waals surface area contributed by atoms with Gasteiger partial charge in [-0.15, -0.1) is 0 Å². The van der Waals surface area contributed by atoms with Gasteiger partial charge in [0.25, 0.3) is 15.9 Å². The highest BCUT2D eigenvalue weighted by molar-refractivity contribution is 7.92. The molecule has 0 fully saturated rings. The Morgan fingerprint density at radius 3 is 2.50 bits per heavy atom. The van der Waals surface area contributed by atoms with E-state index in [4.69, 9.17) is 14.2 Å². The van der Waals surface area contributed by atoms with E-state index in [0.717, 1.165) is 6.42 Å². The van der Waals surface area contributed by atoms with Gasteiger partial charge in [-0.05, 0) is 49.7 Å². The molecule has 2 N–H and O–H groups in total. The first-order chi connectivity index (χ1) is 16.3. The van der Waals surface area contributed by atoms with Gasteiger partial charge in [-0.1, -0.05) is 13.0 Å². The van der Waals surface area contributed by atoms with Gasteiger partial charge in [0.1, 0.15) is 11.3 Å². The average molecular weight is 486 g/mol. The molecule has 0 saturated carbocycles. The number of carbonyl (C=O) groups excluding carboxylic acids is 1. The Morgan fingerprint density at radius 1 is 1.03 bits per heavy atom. The van der Waals surface area contributed by atoms with Crippen LogP contribution in [0.15, 0.2) is 65.7 Å². The number of rotatable bonds is 10. The molecule has 2 aromatic carbocycles. The first-order valence-corrected chi connectivity index (χ1v) is 12.0. The van der Waals surface area contributed by atoms with E-state index in [0.29, 0.717) is 17.2 Å². The number of carbonyl (C=O) groups is 1. The maximum Gasteiger partial charge on any atom is 0.262 e. The number of anilines is 1. The summed E-state index contributed by atoms with van der Waals surface area (Å²) >= 11 is 0. The molecule has 1 unspecified atom stereocenters. The van der Waals surface area contributed by atoms with Crippen LogP contribution in [0.5, 0.6) is 23.1 Å². The molecule has 0 aliphatic rings. The quantitative estimate of drug-likeness (QED) is 0.442. The average Bonchev–Trinajstić information content (AvgIpc) is 2.83. The molecule has 1 aromatic heterocycles. The molecule has 3 rings (SSSR count). The van der Waals surface area contributed by atoms with Crippen LogP contribution in [-0.2, 0) is 10.0 Å². The van der Waals surface area contributed by atoms with Crippen LogP contribution < -0.4 is 24.2 Å². The zero-order valence-corrected chi connectivity index (χ0v) is 20.2. The monoisotopic (exact) mass is 485 g/mol. The number of nitrogens with one attached hydrogen (secondary N) is 2. The summed E-state index contributed by atoms with van der Waals surface area (Å²) < 4.78 is 44.5. The molecule has 180 valence electrons. The SMILES string of the molecule is CCC(C)NC(=O)c1cccnc1Oc1cccc(NS(=O)(=O)c2ccc(OC)c(OC)c2)c1. The lowest BCUT2D eigenvalue weighted by Crippen LogP contribution is -2.32. The fourth-order valence-electron chi connectivity index (χ4n) is 2.98. The van der Waals surface area contributed by atoms with Crippen LogP contribution in [0.4, 0.5) is 5.69 Å². The molecule has 34 heavy (non-hydrogen) atoms. The Hall–Kier alpha value is -3.79. The van der Waals surface area contributed by atoms with Crippen LogP contribution in [-0.4, -0.2) is 39.6 Å². The van der Waals surface area contributed by atoms with Crippen molar-refractivity contribution in [3.8, 4) is 23.1 Å². The van der Waals surface area contributed by atoms with Gasteiger partial charge in [0.15, 0.2) is 11.5 Å². The normalized spacial score (nSPS) is 11.9. The number of nitrogens with zero attached hydrogens (tertiary/aromatic N) is 1. The van der Waals surface area contributed by atoms with Crippen LogP contribution in [0.25, 0.3) is 0 Å². The molecule has 1 heterocycles. The molecule has 10 heteroatoms. The highest BCUT2D eigenvalue weighted by atomic mass is 32.2. The van der Waals surface area contributed by atoms with Crippen LogP contribution >= 0.6 is 0 Å². The second-order valence-electron chi connectivity index (χ2n) is 7.39. The van der Waals surface area contributed by atoms with E-state index in [-0.39, 0.29) is 34.0 Å². The standard InChI is InChI=1S/C24H27N3O6S/c1-5-16(2)26-23(28)20-10-7-13-25-24(20)33-18-9-6-8-17(14-18)27-34(29,30)19-11-12-21(31-3)22(15-19)32-4/h6-16,27H,5H2,1-4H3,(H,26,28). The molecular weight excluding hydrogens is 458 g/mol. The predicted octanol–water partition coefficient (Wildman–Crippen LogP) is 4.22. The number of benzene rings is 2. The Balaban J connectivity index is 1.82. The molecule has 9 nitrogen and oxygen atoms in total. The van der Waals surface area contributed by atoms with Gasteiger partial charge < -0.3 is 19.5 Å². The van der Waals surface area contributed by atoms with Gasteiger partial charge in [-0.3, -0.25) is 9.52 Å². The molecule has 0 aliphatic carbocycles. The lowest BCUT2D eigenvalue weighted by atomic mass is 10.2. The summed E-state index contributed by atoms with van der Waals surface area (Å²) in [5, 5.41) is 2.88. The molecule has 3 aromatic rings. The minimum atomic E-state index is -3.92. The van der Waals surface area contributed by atoms with Gasteiger partial charge >= 0.3 is 0 Å². The smallest absolute Gasteiger partial charge is 0.262 e. The lowest BCUT2D eigenvalue weighted by molar-refractivity contribution is 0.0936. The highest BCUT2D eigenvalue weighted by Gasteiger charge is 2.19. The molecule has 0 radical (unpaired) electrons. The topological polar surface area (TPSA) is 116 Å². The minimum Gasteiger partial charge on any atom is -0.493 e. The summed E-state index contributed by atoms with van der Waals surface area (Å²) in [4.78, 5) is 16.8. The molecule has 0 aliphatic heterocycles. The lowest BCUT2D eigenvalue weighted by Gasteiger charge is -2.14. The van der Waals surface area contributed by atoms with E-state index in [9.17, 15) is 13.2 Å². The number of pyridine rings is 1. The Labute approximate surface area is 199 Å². The number of aromatic nitrogens is 1. The Bertz CT molecular complexity index is 1260. The van der Waals surface area contributed by atoms with Crippen molar-refractivity contribution >= 4 is 21.6 Å². The number of hydrogen-bond donors (Lipinski definition) is 2. The number of sulfonamides is 1. The van der Waals surface area contributed by atoms with Crippen molar-refractivity contribution in [1.82, 2.24) is 10.3 Å². The molecule has 0 spiro atoms. The van der Waals surface area contributed by atoms with E-state index < -0.39 is 10.0 Å². The van der Waals surface area contributed by atoms with E-state index in [2.05, 4.69) is 15.0 Å². The summed E-state index contributed by atoms with van der Waals surface area (Å²) in [6.07, 6.45) is 2.30. The van der Waals surface area contributed by atoms with E-state index in [1.165, 1.54) is 44.7 Å². The molecule has 1 amide bonds. The second kappa shape index (κ2) is 10.9. The summed E-state index contributed by atoms with van der Waals surface area (Å²) in [7, 11) is -1.02. The second-order valence-corrected chi connectivity index (χ2v) is 9.07. The first kappa shape index (κ1) is 24.8. The zero-order chi connectivity index (χ0) is 24.7. The van der Waals surface area contributed by atoms with Gasteiger partial charge in [0.2, 0.25) is 5.88 Å². The van der Waals surface area contributed by atoms with Crippen molar-refractivity contribution in [1.29, 1.82) is 0 Å². The van der Waals surface area contributed by atoms with Gasteiger partial charge in [0, 0.05) is 24.4 Å². The van der Waals surface area contributed by atoms with Crippen molar-refractivity contribution < 1.29 is 27.4 Å². The van der Waals surface area contributed by atoms with Crippen LogP contribution in [0.1, 0.15) is 30.6 Å². The zero-order valence-electron chi connectivity index (χ0n) is 19.4. The number of amides is 1. The maximum atomic E-state index is 12.9. The summed E-state index contributed by atoms with van der Waals surface area (Å²) in [5.41, 5.74) is 0.549. The van der Waals surface area contributed by atoms with Crippen LogP contribution in [0.2, 0.25) is 0 Å². The molecule has 0 saturated heterocycles. The van der Waals surface area contributed by atoms with E-state index in [1.54, 1.807) is 30.3 Å². The van der Waals surface area contributed by atoms with Gasteiger partial charge in [0.05, 0.1) is 24.8 Å². The van der Waals surface area contributed by atoms with Crippen molar-refractivity contribution in [2.75, 3.05) is 18.9 Å². The molecule has 0 bridgehead atoms. The van der Waals surface area contributed by atoms with Crippen LogP contribution in [0, 0.1) is 0 Å². The Kier molecular flexibility index (Phi) is 7.95. The Morgan fingerprint density at radius 2 is 1.79 bits per heavy atom. The van der Waals surface area contributed by atoms with Crippen molar-refractivity contribution in [2.45, 2.75) is 31.2 Å². The number of methoxy groups -OCH3 is 2. The van der Waals surface area contributed by atoms with Crippen molar-refractivity contribution in [3.63, 3.8) is 0 Å². The molecule has 1 atom stereocenters. The van der Waals surface area contributed by atoms with Crippen molar-refractivity contribution in [2.24, 2.45) is 0 Å². The maximum absolute atomic E-state index is 12.9. The van der Waals surface area contributed by atoms with Crippen molar-refractivity contribution in [3.05, 3.63) is 66.4 Å². The number of hydrogen-bond acceptors (Lipinski definition) is 7. The third kappa shape index (κ3) is 5.96. The predicted molar refractivity (Wildman–Crippen MR) is 128 cm³/mol.